The lowest BCUT2D eigenvalue weighted by molar-refractivity contribution is 0.174. The summed E-state index contributed by atoms with van der Waals surface area (Å²) in [4.78, 5) is 12.3. The van der Waals surface area contributed by atoms with E-state index in [1.54, 1.807) is 13.0 Å². The monoisotopic (exact) mass is 405 g/mol. The van der Waals surface area contributed by atoms with Crippen molar-refractivity contribution in [2.24, 2.45) is 0 Å². The molecule has 0 saturated carbocycles. The second-order valence-corrected chi connectivity index (χ2v) is 8.73. The molecular weight excluding hydrogens is 382 g/mol. The third-order valence-electron chi connectivity index (χ3n) is 4.37. The first-order valence-electron chi connectivity index (χ1n) is 8.74. The number of rotatable bonds is 6. The molecule has 1 aliphatic heterocycles. The highest BCUT2D eigenvalue weighted by molar-refractivity contribution is 7.89. The van der Waals surface area contributed by atoms with Gasteiger partial charge in [0.2, 0.25) is 16.8 Å². The van der Waals surface area contributed by atoms with Gasteiger partial charge in [0.15, 0.2) is 11.5 Å². The van der Waals surface area contributed by atoms with Gasteiger partial charge in [-0.25, -0.2) is 17.5 Å². The maximum Gasteiger partial charge on any atom is 0.319 e. The number of anilines is 1. The molecule has 2 amide bonds. The van der Waals surface area contributed by atoms with E-state index in [1.807, 2.05) is 18.2 Å². The summed E-state index contributed by atoms with van der Waals surface area (Å²) < 4.78 is 36.3. The highest BCUT2D eigenvalue weighted by atomic mass is 32.2. The molecule has 0 aromatic heterocycles. The number of aryl methyl sites for hydroxylation is 1. The number of carbonyl (C=O) groups is 1. The van der Waals surface area contributed by atoms with E-state index in [4.69, 9.17) is 9.47 Å². The van der Waals surface area contributed by atoms with Crippen molar-refractivity contribution in [1.82, 2.24) is 9.62 Å². The third kappa shape index (κ3) is 4.37. The molecule has 0 aliphatic carbocycles. The summed E-state index contributed by atoms with van der Waals surface area (Å²) in [5.41, 5.74) is 2.23. The van der Waals surface area contributed by atoms with Gasteiger partial charge in [-0.3, -0.25) is 0 Å². The maximum atomic E-state index is 12.3. The quantitative estimate of drug-likeness (QED) is 0.769. The maximum absolute atomic E-state index is 12.3. The standard InChI is InChI=1S/C19H23N3O5S/c1-13-4-6-15(28(24,25)22(2)3)11-16(13)21-19(23)20-9-8-14-5-7-17-18(10-14)27-12-26-17/h4-7,10-11H,8-9,12H2,1-3H3,(H2,20,21,23). The van der Waals surface area contributed by atoms with Crippen LogP contribution in [0.3, 0.4) is 0 Å². The Morgan fingerprint density at radius 2 is 1.86 bits per heavy atom. The van der Waals surface area contributed by atoms with Gasteiger partial charge in [0.25, 0.3) is 0 Å². The molecule has 2 aromatic rings. The Bertz CT molecular complexity index is 989. The molecule has 0 fully saturated rings. The molecule has 9 heteroatoms. The van der Waals surface area contributed by atoms with Crippen LogP contribution >= 0.6 is 0 Å². The fraction of sp³-hybridized carbons (Fsp3) is 0.316. The summed E-state index contributed by atoms with van der Waals surface area (Å²) in [7, 11) is -0.644. The van der Waals surface area contributed by atoms with E-state index in [-0.39, 0.29) is 11.7 Å². The minimum absolute atomic E-state index is 0.124. The molecule has 0 spiro atoms. The Morgan fingerprint density at radius 3 is 2.61 bits per heavy atom. The van der Waals surface area contributed by atoms with Gasteiger partial charge in [0.1, 0.15) is 0 Å². The summed E-state index contributed by atoms with van der Waals surface area (Å²) in [5, 5.41) is 5.49. The van der Waals surface area contributed by atoms with Gasteiger partial charge in [-0.15, -0.1) is 0 Å². The van der Waals surface area contributed by atoms with Gasteiger partial charge in [-0.2, -0.15) is 0 Å². The van der Waals surface area contributed by atoms with Gasteiger partial charge in [-0.1, -0.05) is 12.1 Å². The summed E-state index contributed by atoms with van der Waals surface area (Å²) in [6.45, 7) is 2.44. The van der Waals surface area contributed by atoms with E-state index in [1.165, 1.54) is 26.2 Å². The molecule has 0 radical (unpaired) electrons. The number of carbonyl (C=O) groups excluding carboxylic acids is 1. The van der Waals surface area contributed by atoms with Crippen molar-refractivity contribution in [3.05, 3.63) is 47.5 Å². The number of amides is 2. The number of urea groups is 1. The minimum atomic E-state index is -3.57. The largest absolute Gasteiger partial charge is 0.454 e. The second kappa shape index (κ2) is 8.07. The lowest BCUT2D eigenvalue weighted by Crippen LogP contribution is -2.31. The lowest BCUT2D eigenvalue weighted by Gasteiger charge is -2.15. The number of nitrogens with one attached hydrogen (secondary N) is 2. The fourth-order valence-corrected chi connectivity index (χ4v) is 3.62. The first kappa shape index (κ1) is 20.0. The van der Waals surface area contributed by atoms with E-state index < -0.39 is 16.1 Å². The molecule has 0 atom stereocenters. The van der Waals surface area contributed by atoms with Crippen LogP contribution in [-0.2, 0) is 16.4 Å². The van der Waals surface area contributed by atoms with Crippen LogP contribution in [0.4, 0.5) is 10.5 Å². The molecule has 0 bridgehead atoms. The van der Waals surface area contributed by atoms with Crippen LogP contribution in [0.2, 0.25) is 0 Å². The molecular formula is C19H23N3O5S. The van der Waals surface area contributed by atoms with Gasteiger partial charge >= 0.3 is 6.03 Å². The fourth-order valence-electron chi connectivity index (χ4n) is 2.69. The van der Waals surface area contributed by atoms with Crippen molar-refractivity contribution in [3.63, 3.8) is 0 Å². The zero-order valence-corrected chi connectivity index (χ0v) is 16.8. The Hall–Kier alpha value is -2.78. The molecule has 0 saturated heterocycles. The molecule has 1 heterocycles. The van der Waals surface area contributed by atoms with Crippen molar-refractivity contribution >= 4 is 21.7 Å². The Morgan fingerprint density at radius 1 is 1.11 bits per heavy atom. The van der Waals surface area contributed by atoms with Crippen LogP contribution in [0.5, 0.6) is 11.5 Å². The highest BCUT2D eigenvalue weighted by Crippen LogP contribution is 2.32. The molecule has 150 valence electrons. The summed E-state index contributed by atoms with van der Waals surface area (Å²) in [5.74, 6) is 1.42. The molecule has 2 N–H and O–H groups in total. The van der Waals surface area contributed by atoms with Gasteiger partial charge in [-0.05, 0) is 48.7 Å². The third-order valence-corrected chi connectivity index (χ3v) is 6.18. The van der Waals surface area contributed by atoms with Crippen molar-refractivity contribution in [3.8, 4) is 11.5 Å². The number of benzene rings is 2. The molecule has 1 aliphatic rings. The zero-order valence-electron chi connectivity index (χ0n) is 16.0. The summed E-state index contributed by atoms with van der Waals surface area (Å²) >= 11 is 0. The van der Waals surface area contributed by atoms with E-state index >= 15 is 0 Å². The average Bonchev–Trinajstić information content (AvgIpc) is 3.11. The Labute approximate surface area is 164 Å². The van der Waals surface area contributed by atoms with Crippen LogP contribution in [0, 0.1) is 6.92 Å². The minimum Gasteiger partial charge on any atom is -0.454 e. The van der Waals surface area contributed by atoms with E-state index in [9.17, 15) is 13.2 Å². The van der Waals surface area contributed by atoms with Gasteiger partial charge in [0, 0.05) is 26.3 Å². The number of fused-ring (bicyclic) bond motifs is 1. The van der Waals surface area contributed by atoms with Crippen LogP contribution in [-0.4, -0.2) is 46.2 Å². The molecule has 3 rings (SSSR count). The summed E-state index contributed by atoms with van der Waals surface area (Å²) in [6.07, 6.45) is 0.623. The number of nitrogens with zero attached hydrogens (tertiary/aromatic N) is 1. The van der Waals surface area contributed by atoms with Gasteiger partial charge in [0.05, 0.1) is 4.90 Å². The van der Waals surface area contributed by atoms with Crippen molar-refractivity contribution < 1.29 is 22.7 Å². The molecule has 8 nitrogen and oxygen atoms in total. The SMILES string of the molecule is Cc1ccc(S(=O)(=O)N(C)C)cc1NC(=O)NCCc1ccc2c(c1)OCO2. The predicted molar refractivity (Wildman–Crippen MR) is 105 cm³/mol. The highest BCUT2D eigenvalue weighted by Gasteiger charge is 2.18. The van der Waals surface area contributed by atoms with E-state index in [0.717, 1.165) is 21.2 Å². The van der Waals surface area contributed by atoms with Crippen LogP contribution in [0.15, 0.2) is 41.3 Å². The van der Waals surface area contributed by atoms with E-state index in [0.29, 0.717) is 24.4 Å². The predicted octanol–water partition coefficient (Wildman–Crippen LogP) is 2.34. The molecule has 0 unspecified atom stereocenters. The van der Waals surface area contributed by atoms with Crippen LogP contribution in [0.1, 0.15) is 11.1 Å². The van der Waals surface area contributed by atoms with Crippen LogP contribution < -0.4 is 20.1 Å². The van der Waals surface area contributed by atoms with Crippen molar-refractivity contribution in [2.75, 3.05) is 32.7 Å². The number of hydrogen-bond acceptors (Lipinski definition) is 5. The van der Waals surface area contributed by atoms with Crippen LogP contribution in [0.25, 0.3) is 0 Å². The van der Waals surface area contributed by atoms with Crippen molar-refractivity contribution in [2.45, 2.75) is 18.2 Å². The second-order valence-electron chi connectivity index (χ2n) is 6.58. The molecule has 2 aromatic carbocycles. The first-order valence-corrected chi connectivity index (χ1v) is 10.2. The Balaban J connectivity index is 1.59. The lowest BCUT2D eigenvalue weighted by atomic mass is 10.1. The van der Waals surface area contributed by atoms with E-state index in [2.05, 4.69) is 10.6 Å². The summed E-state index contributed by atoms with van der Waals surface area (Å²) in [6, 6.07) is 9.91. The Kier molecular flexibility index (Phi) is 5.76. The molecule has 28 heavy (non-hydrogen) atoms. The number of sulfonamides is 1. The number of ether oxygens (including phenoxy) is 2. The topological polar surface area (TPSA) is 97.0 Å². The van der Waals surface area contributed by atoms with Gasteiger partial charge < -0.3 is 20.1 Å². The average molecular weight is 405 g/mol. The van der Waals surface area contributed by atoms with Crippen molar-refractivity contribution in [1.29, 1.82) is 0 Å². The smallest absolute Gasteiger partial charge is 0.319 e. The number of hydrogen-bond donors (Lipinski definition) is 2. The normalized spacial score (nSPS) is 12.9. The first-order chi connectivity index (χ1) is 13.3. The zero-order chi connectivity index (χ0) is 20.3.